The highest BCUT2D eigenvalue weighted by atomic mass is 35.5. The number of unbranched alkanes of at least 4 members (excludes halogenated alkanes) is 2. The van der Waals surface area contributed by atoms with Crippen LogP contribution in [0.1, 0.15) is 30.4 Å². The van der Waals surface area contributed by atoms with Crippen LogP contribution in [0.15, 0.2) is 17.0 Å². The standard InChI is InChI=1S/C14H21ClFNO2S/c1-11-9-13(16)10-12(2)14(11)20(18,19)17(3)8-6-4-5-7-15/h9-10H,4-8H2,1-3H3. The Morgan fingerprint density at radius 1 is 1.15 bits per heavy atom. The van der Waals surface area contributed by atoms with Crippen molar-refractivity contribution < 1.29 is 12.8 Å². The van der Waals surface area contributed by atoms with Gasteiger partial charge in [-0.3, -0.25) is 0 Å². The van der Waals surface area contributed by atoms with Gasteiger partial charge in [0.1, 0.15) is 5.82 Å². The van der Waals surface area contributed by atoms with E-state index in [-0.39, 0.29) is 4.90 Å². The Labute approximate surface area is 125 Å². The second-order valence-corrected chi connectivity index (χ2v) is 7.30. The van der Waals surface area contributed by atoms with Crippen LogP contribution in [0.25, 0.3) is 0 Å². The molecular formula is C14H21ClFNO2S. The molecule has 0 atom stereocenters. The Morgan fingerprint density at radius 3 is 2.20 bits per heavy atom. The molecule has 0 aliphatic heterocycles. The molecule has 1 rings (SSSR count). The summed E-state index contributed by atoms with van der Waals surface area (Å²) >= 11 is 5.59. The zero-order valence-corrected chi connectivity index (χ0v) is 13.7. The van der Waals surface area contributed by atoms with E-state index in [0.717, 1.165) is 19.3 Å². The fourth-order valence-electron chi connectivity index (χ4n) is 2.19. The molecule has 6 heteroatoms. The average Bonchev–Trinajstić information content (AvgIpc) is 2.32. The van der Waals surface area contributed by atoms with Crippen molar-refractivity contribution in [2.75, 3.05) is 19.5 Å². The first-order chi connectivity index (χ1) is 9.30. The minimum atomic E-state index is -3.57. The number of halogens is 2. The lowest BCUT2D eigenvalue weighted by molar-refractivity contribution is 0.453. The lowest BCUT2D eigenvalue weighted by atomic mass is 10.1. The number of benzene rings is 1. The van der Waals surface area contributed by atoms with Gasteiger partial charge in [-0.25, -0.2) is 17.1 Å². The van der Waals surface area contributed by atoms with Crippen LogP contribution < -0.4 is 0 Å². The van der Waals surface area contributed by atoms with Crippen molar-refractivity contribution >= 4 is 21.6 Å². The zero-order chi connectivity index (χ0) is 15.3. The van der Waals surface area contributed by atoms with Crippen molar-refractivity contribution in [3.05, 3.63) is 29.1 Å². The van der Waals surface area contributed by atoms with E-state index in [9.17, 15) is 12.8 Å². The van der Waals surface area contributed by atoms with Crippen LogP contribution in [0.5, 0.6) is 0 Å². The fourth-order valence-corrected chi connectivity index (χ4v) is 3.99. The SMILES string of the molecule is Cc1cc(F)cc(C)c1S(=O)(=O)N(C)CCCCCCl. The van der Waals surface area contributed by atoms with Crippen molar-refractivity contribution in [2.24, 2.45) is 0 Å². The Hall–Kier alpha value is -0.650. The third kappa shape index (κ3) is 4.17. The smallest absolute Gasteiger partial charge is 0.207 e. The largest absolute Gasteiger partial charge is 0.243 e. The molecule has 0 radical (unpaired) electrons. The highest BCUT2D eigenvalue weighted by Crippen LogP contribution is 2.24. The number of aryl methyl sites for hydroxylation is 2. The molecule has 0 bridgehead atoms. The summed E-state index contributed by atoms with van der Waals surface area (Å²) in [6, 6.07) is 2.50. The van der Waals surface area contributed by atoms with E-state index in [4.69, 9.17) is 11.6 Å². The molecule has 20 heavy (non-hydrogen) atoms. The second-order valence-electron chi connectivity index (χ2n) is 4.94. The molecule has 0 fully saturated rings. The van der Waals surface area contributed by atoms with Gasteiger partial charge in [0.25, 0.3) is 0 Å². The van der Waals surface area contributed by atoms with Gasteiger partial charge >= 0.3 is 0 Å². The summed E-state index contributed by atoms with van der Waals surface area (Å²) in [6.07, 6.45) is 2.54. The third-order valence-corrected chi connectivity index (χ3v) is 5.63. The number of nitrogens with zero attached hydrogens (tertiary/aromatic N) is 1. The van der Waals surface area contributed by atoms with Gasteiger partial charge in [0.05, 0.1) is 4.90 Å². The first-order valence-electron chi connectivity index (χ1n) is 6.59. The quantitative estimate of drug-likeness (QED) is 0.569. The van der Waals surface area contributed by atoms with Crippen LogP contribution in [0, 0.1) is 19.7 Å². The van der Waals surface area contributed by atoms with Crippen LogP contribution in [0.3, 0.4) is 0 Å². The number of hydrogen-bond donors (Lipinski definition) is 0. The monoisotopic (exact) mass is 321 g/mol. The van der Waals surface area contributed by atoms with Gasteiger partial charge in [0.2, 0.25) is 10.0 Å². The summed E-state index contributed by atoms with van der Waals surface area (Å²) in [4.78, 5) is 0.207. The summed E-state index contributed by atoms with van der Waals surface area (Å²) in [7, 11) is -2.02. The lowest BCUT2D eigenvalue weighted by Crippen LogP contribution is -2.29. The van der Waals surface area contributed by atoms with Gasteiger partial charge in [-0.1, -0.05) is 6.42 Å². The maximum atomic E-state index is 13.3. The van der Waals surface area contributed by atoms with E-state index in [1.807, 2.05) is 0 Å². The van der Waals surface area contributed by atoms with Crippen LogP contribution >= 0.6 is 11.6 Å². The van der Waals surface area contributed by atoms with Gasteiger partial charge in [-0.05, 0) is 49.9 Å². The molecule has 0 amide bonds. The van der Waals surface area contributed by atoms with Crippen LogP contribution in [0.2, 0.25) is 0 Å². The van der Waals surface area contributed by atoms with Crippen LogP contribution in [-0.4, -0.2) is 32.2 Å². The van der Waals surface area contributed by atoms with Crippen molar-refractivity contribution in [3.63, 3.8) is 0 Å². The molecule has 1 aromatic rings. The molecule has 0 saturated heterocycles. The summed E-state index contributed by atoms with van der Waals surface area (Å²) in [5, 5.41) is 0. The predicted octanol–water partition coefficient (Wildman–Crippen LogP) is 3.47. The Bertz CT molecular complexity index is 537. The summed E-state index contributed by atoms with van der Waals surface area (Å²) < 4.78 is 39.6. The van der Waals surface area contributed by atoms with E-state index in [1.54, 1.807) is 20.9 Å². The maximum Gasteiger partial charge on any atom is 0.243 e. The third-order valence-electron chi connectivity index (χ3n) is 3.20. The van der Waals surface area contributed by atoms with E-state index >= 15 is 0 Å². The molecule has 0 aliphatic carbocycles. The van der Waals surface area contributed by atoms with Crippen molar-refractivity contribution in [3.8, 4) is 0 Å². The summed E-state index contributed by atoms with van der Waals surface area (Å²) in [6.45, 7) is 3.67. The number of sulfonamides is 1. The van der Waals surface area contributed by atoms with Gasteiger partial charge in [0.15, 0.2) is 0 Å². The van der Waals surface area contributed by atoms with Crippen LogP contribution in [-0.2, 0) is 10.0 Å². The zero-order valence-electron chi connectivity index (χ0n) is 12.1. The Kier molecular flexibility index (Phi) is 6.43. The minimum Gasteiger partial charge on any atom is -0.207 e. The highest BCUT2D eigenvalue weighted by Gasteiger charge is 2.24. The summed E-state index contributed by atoms with van der Waals surface area (Å²) in [5.74, 6) is 0.177. The number of rotatable bonds is 7. The topological polar surface area (TPSA) is 37.4 Å². The molecule has 3 nitrogen and oxygen atoms in total. The van der Waals surface area contributed by atoms with Crippen molar-refractivity contribution in [1.82, 2.24) is 4.31 Å². The first-order valence-corrected chi connectivity index (χ1v) is 8.57. The molecule has 0 saturated carbocycles. The molecule has 0 spiro atoms. The van der Waals surface area contributed by atoms with E-state index < -0.39 is 15.8 Å². The lowest BCUT2D eigenvalue weighted by Gasteiger charge is -2.20. The molecule has 0 unspecified atom stereocenters. The fraction of sp³-hybridized carbons (Fsp3) is 0.571. The summed E-state index contributed by atoms with van der Waals surface area (Å²) in [5.41, 5.74) is 0.880. The van der Waals surface area contributed by atoms with Crippen LogP contribution in [0.4, 0.5) is 4.39 Å². The number of alkyl halides is 1. The van der Waals surface area contributed by atoms with E-state index in [2.05, 4.69) is 0 Å². The van der Waals surface area contributed by atoms with Crippen molar-refractivity contribution in [2.45, 2.75) is 38.0 Å². The van der Waals surface area contributed by atoms with Gasteiger partial charge in [-0.15, -0.1) is 11.6 Å². The molecule has 0 aliphatic rings. The molecular weight excluding hydrogens is 301 g/mol. The van der Waals surface area contributed by atoms with E-state index in [0.29, 0.717) is 23.6 Å². The Morgan fingerprint density at radius 2 is 1.70 bits per heavy atom. The molecule has 114 valence electrons. The normalized spacial score (nSPS) is 12.1. The van der Waals surface area contributed by atoms with E-state index in [1.165, 1.54) is 16.4 Å². The number of hydrogen-bond acceptors (Lipinski definition) is 2. The second kappa shape index (κ2) is 7.38. The van der Waals surface area contributed by atoms with Gasteiger partial charge < -0.3 is 0 Å². The molecule has 0 aromatic heterocycles. The Balaban J connectivity index is 2.93. The van der Waals surface area contributed by atoms with Crippen molar-refractivity contribution in [1.29, 1.82) is 0 Å². The predicted molar refractivity (Wildman–Crippen MR) is 80.3 cm³/mol. The molecule has 0 heterocycles. The molecule has 1 aromatic carbocycles. The van der Waals surface area contributed by atoms with Gasteiger partial charge in [0, 0.05) is 19.5 Å². The highest BCUT2D eigenvalue weighted by molar-refractivity contribution is 7.89. The minimum absolute atomic E-state index is 0.207. The average molecular weight is 322 g/mol. The first kappa shape index (κ1) is 17.4. The molecule has 0 N–H and O–H groups in total. The van der Waals surface area contributed by atoms with Gasteiger partial charge in [-0.2, -0.15) is 0 Å². The maximum absolute atomic E-state index is 13.3.